The minimum atomic E-state index is -0.854. The Hall–Kier alpha value is -1.22. The van der Waals surface area contributed by atoms with Crippen molar-refractivity contribution in [3.63, 3.8) is 0 Å². The van der Waals surface area contributed by atoms with Gasteiger partial charge in [-0.2, -0.15) is 0 Å². The molecule has 1 nitrogen and oxygen atoms in total. The second-order valence-electron chi connectivity index (χ2n) is 4.57. The average molecular weight is 254 g/mol. The highest BCUT2D eigenvalue weighted by molar-refractivity contribution is 5.27. The van der Waals surface area contributed by atoms with Crippen LogP contribution in [0.3, 0.4) is 0 Å². The third kappa shape index (κ3) is 4.22. The van der Waals surface area contributed by atoms with Crippen molar-refractivity contribution in [2.45, 2.75) is 45.1 Å². The standard InChI is InChI=1S/C15H20F2O/c1-3-4-5-6-7-8-15(18)12-9-11(2)13(16)10-14(12)17/h3,9-10,15,18H,1,4-8H2,2H3. The third-order valence-electron chi connectivity index (χ3n) is 3.02. The molecule has 0 aliphatic carbocycles. The molecule has 0 saturated heterocycles. The van der Waals surface area contributed by atoms with Gasteiger partial charge in [0.1, 0.15) is 11.6 Å². The van der Waals surface area contributed by atoms with E-state index in [2.05, 4.69) is 6.58 Å². The van der Waals surface area contributed by atoms with Gasteiger partial charge in [-0.25, -0.2) is 8.78 Å². The summed E-state index contributed by atoms with van der Waals surface area (Å²) < 4.78 is 26.6. The van der Waals surface area contributed by atoms with Gasteiger partial charge in [-0.05, 0) is 37.8 Å². The van der Waals surface area contributed by atoms with Crippen LogP contribution in [0, 0.1) is 18.6 Å². The van der Waals surface area contributed by atoms with Crippen molar-refractivity contribution >= 4 is 0 Å². The maximum atomic E-state index is 13.5. The fourth-order valence-electron chi connectivity index (χ4n) is 1.89. The van der Waals surface area contributed by atoms with E-state index < -0.39 is 17.7 Å². The second-order valence-corrected chi connectivity index (χ2v) is 4.57. The molecule has 3 heteroatoms. The number of halogens is 2. The zero-order valence-corrected chi connectivity index (χ0v) is 10.8. The molecule has 1 aromatic rings. The summed E-state index contributed by atoms with van der Waals surface area (Å²) in [5.74, 6) is -1.24. The molecule has 1 unspecified atom stereocenters. The molecule has 1 atom stereocenters. The number of aryl methyl sites for hydroxylation is 1. The van der Waals surface area contributed by atoms with Gasteiger partial charge in [0.25, 0.3) is 0 Å². The molecule has 0 heterocycles. The van der Waals surface area contributed by atoms with Crippen LogP contribution in [-0.4, -0.2) is 5.11 Å². The summed E-state index contributed by atoms with van der Waals surface area (Å²) in [6.07, 6.45) is 5.29. The minimum Gasteiger partial charge on any atom is -0.388 e. The summed E-state index contributed by atoms with van der Waals surface area (Å²) in [5, 5.41) is 9.89. The first-order valence-corrected chi connectivity index (χ1v) is 6.30. The van der Waals surface area contributed by atoms with Crippen molar-refractivity contribution in [3.8, 4) is 0 Å². The van der Waals surface area contributed by atoms with Gasteiger partial charge in [-0.3, -0.25) is 0 Å². The van der Waals surface area contributed by atoms with Gasteiger partial charge in [0.2, 0.25) is 0 Å². The number of rotatable bonds is 7. The maximum Gasteiger partial charge on any atom is 0.131 e. The second kappa shape index (κ2) is 7.27. The molecule has 0 saturated carbocycles. The van der Waals surface area contributed by atoms with Crippen molar-refractivity contribution in [3.05, 3.63) is 47.5 Å². The molecular weight excluding hydrogens is 234 g/mol. The SMILES string of the molecule is C=CCCCCCC(O)c1cc(C)c(F)cc1F. The molecule has 0 aliphatic rings. The molecule has 100 valence electrons. The van der Waals surface area contributed by atoms with Gasteiger partial charge >= 0.3 is 0 Å². The third-order valence-corrected chi connectivity index (χ3v) is 3.02. The summed E-state index contributed by atoms with van der Waals surface area (Å²) >= 11 is 0. The van der Waals surface area contributed by atoms with Crippen molar-refractivity contribution in [1.29, 1.82) is 0 Å². The quantitative estimate of drug-likeness (QED) is 0.563. The number of benzene rings is 1. The number of hydrogen-bond donors (Lipinski definition) is 1. The Morgan fingerprint density at radius 3 is 2.61 bits per heavy atom. The maximum absolute atomic E-state index is 13.5. The number of aliphatic hydroxyl groups is 1. The molecule has 18 heavy (non-hydrogen) atoms. The highest BCUT2D eigenvalue weighted by Gasteiger charge is 2.14. The van der Waals surface area contributed by atoms with Crippen LogP contribution in [0.15, 0.2) is 24.8 Å². The van der Waals surface area contributed by atoms with Crippen LogP contribution >= 0.6 is 0 Å². The molecule has 0 bridgehead atoms. The van der Waals surface area contributed by atoms with Gasteiger partial charge in [0.15, 0.2) is 0 Å². The molecule has 1 rings (SSSR count). The Bertz CT molecular complexity index is 402. The van der Waals surface area contributed by atoms with Crippen molar-refractivity contribution in [2.75, 3.05) is 0 Å². The van der Waals surface area contributed by atoms with Crippen LogP contribution in [0.1, 0.15) is 49.3 Å². The lowest BCUT2D eigenvalue weighted by molar-refractivity contribution is 0.158. The van der Waals surface area contributed by atoms with Crippen LogP contribution in [-0.2, 0) is 0 Å². The molecular formula is C15H20F2O. The van der Waals surface area contributed by atoms with Crippen LogP contribution in [0.4, 0.5) is 8.78 Å². The Balaban J connectivity index is 2.53. The first-order chi connectivity index (χ1) is 8.56. The summed E-state index contributed by atoms with van der Waals surface area (Å²) in [5.41, 5.74) is 0.551. The largest absolute Gasteiger partial charge is 0.388 e. The smallest absolute Gasteiger partial charge is 0.131 e. The van der Waals surface area contributed by atoms with Gasteiger partial charge in [0.05, 0.1) is 6.10 Å². The fourth-order valence-corrected chi connectivity index (χ4v) is 1.89. The molecule has 0 aromatic heterocycles. The van der Waals surface area contributed by atoms with Crippen LogP contribution in [0.25, 0.3) is 0 Å². The lowest BCUT2D eigenvalue weighted by Crippen LogP contribution is -2.02. The topological polar surface area (TPSA) is 20.2 Å². The monoisotopic (exact) mass is 254 g/mol. The first kappa shape index (κ1) is 14.8. The summed E-state index contributed by atoms with van der Waals surface area (Å²) in [6.45, 7) is 5.20. The van der Waals surface area contributed by atoms with Crippen molar-refractivity contribution in [2.24, 2.45) is 0 Å². The molecule has 0 radical (unpaired) electrons. The van der Waals surface area contributed by atoms with E-state index in [1.807, 2.05) is 6.08 Å². The fraction of sp³-hybridized carbons (Fsp3) is 0.467. The predicted octanol–water partition coefficient (Wildman–Crippen LogP) is 4.44. The highest BCUT2D eigenvalue weighted by Crippen LogP contribution is 2.25. The number of allylic oxidation sites excluding steroid dienone is 1. The average Bonchev–Trinajstić information content (AvgIpc) is 2.33. The predicted molar refractivity (Wildman–Crippen MR) is 69.3 cm³/mol. The van der Waals surface area contributed by atoms with Gasteiger partial charge in [-0.15, -0.1) is 6.58 Å². The molecule has 0 spiro atoms. The molecule has 1 N–H and O–H groups in total. The zero-order chi connectivity index (χ0) is 13.5. The number of aliphatic hydroxyl groups excluding tert-OH is 1. The van der Waals surface area contributed by atoms with Gasteiger partial charge in [-0.1, -0.05) is 18.9 Å². The molecule has 1 aromatic carbocycles. The Morgan fingerprint density at radius 2 is 1.94 bits per heavy atom. The van der Waals surface area contributed by atoms with Gasteiger partial charge in [0, 0.05) is 11.6 Å². The summed E-state index contributed by atoms with van der Waals surface area (Å²) in [7, 11) is 0. The van der Waals surface area contributed by atoms with E-state index in [0.717, 1.165) is 31.7 Å². The molecule has 0 fully saturated rings. The van der Waals surface area contributed by atoms with Crippen LogP contribution < -0.4 is 0 Å². The molecule has 0 aliphatic heterocycles. The van der Waals surface area contributed by atoms with E-state index >= 15 is 0 Å². The van der Waals surface area contributed by atoms with E-state index in [4.69, 9.17) is 0 Å². The lowest BCUT2D eigenvalue weighted by Gasteiger charge is -2.13. The van der Waals surface area contributed by atoms with Crippen molar-refractivity contribution in [1.82, 2.24) is 0 Å². The first-order valence-electron chi connectivity index (χ1n) is 6.30. The lowest BCUT2D eigenvalue weighted by atomic mass is 10.00. The Morgan fingerprint density at radius 1 is 1.22 bits per heavy atom. The van der Waals surface area contributed by atoms with E-state index in [1.54, 1.807) is 6.92 Å². The van der Waals surface area contributed by atoms with Crippen LogP contribution in [0.5, 0.6) is 0 Å². The van der Waals surface area contributed by atoms with E-state index in [-0.39, 0.29) is 5.56 Å². The highest BCUT2D eigenvalue weighted by atomic mass is 19.1. The number of unbranched alkanes of at least 4 members (excludes halogenated alkanes) is 3. The van der Waals surface area contributed by atoms with E-state index in [9.17, 15) is 13.9 Å². The van der Waals surface area contributed by atoms with Gasteiger partial charge < -0.3 is 5.11 Å². The minimum absolute atomic E-state index is 0.192. The van der Waals surface area contributed by atoms with E-state index in [0.29, 0.717) is 12.0 Å². The van der Waals surface area contributed by atoms with E-state index in [1.165, 1.54) is 6.07 Å². The normalized spacial score (nSPS) is 12.4. The Kier molecular flexibility index (Phi) is 5.99. The summed E-state index contributed by atoms with van der Waals surface area (Å²) in [6, 6.07) is 2.23. The summed E-state index contributed by atoms with van der Waals surface area (Å²) in [4.78, 5) is 0. The van der Waals surface area contributed by atoms with Crippen molar-refractivity contribution < 1.29 is 13.9 Å². The molecule has 0 amide bonds. The Labute approximate surface area is 107 Å². The zero-order valence-electron chi connectivity index (χ0n) is 10.8. The number of hydrogen-bond acceptors (Lipinski definition) is 1. The van der Waals surface area contributed by atoms with Crippen LogP contribution in [0.2, 0.25) is 0 Å².